The minimum absolute atomic E-state index is 0.0395. The van der Waals surface area contributed by atoms with Crippen LogP contribution in [-0.2, 0) is 10.0 Å². The molecule has 0 atom stereocenters. The van der Waals surface area contributed by atoms with Gasteiger partial charge in [0.1, 0.15) is 17.2 Å². The number of halogens is 3. The second-order valence-electron chi connectivity index (χ2n) is 4.41. The van der Waals surface area contributed by atoms with E-state index in [2.05, 4.69) is 0 Å². The summed E-state index contributed by atoms with van der Waals surface area (Å²) in [7, 11) is -3.12. The number of nitrogens with zero attached hydrogens (tertiary/aromatic N) is 1. The summed E-state index contributed by atoms with van der Waals surface area (Å²) in [6.45, 7) is 1.08. The third-order valence-corrected chi connectivity index (χ3v) is 4.82. The van der Waals surface area contributed by atoms with Crippen molar-refractivity contribution in [3.63, 3.8) is 0 Å². The fourth-order valence-corrected chi connectivity index (χ4v) is 3.35. The second-order valence-corrected chi connectivity index (χ2v) is 6.31. The Morgan fingerprint density at radius 3 is 2.33 bits per heavy atom. The predicted octanol–water partition coefficient (Wildman–Crippen LogP) is 2.16. The van der Waals surface area contributed by atoms with Gasteiger partial charge in [0.15, 0.2) is 0 Å². The molecule has 0 aliphatic carbocycles. The molecule has 5 nitrogen and oxygen atoms in total. The normalized spacial score (nSPS) is 12.7. The first-order valence-corrected chi connectivity index (χ1v) is 7.48. The number of alkyl halides is 3. The monoisotopic (exact) mass is 326 g/mol. The molecule has 0 aromatic heterocycles. The standard InChI is InChI=1S/C12H17F3N2O3S/c1-4-17(7-12(13,14)15)21(18,19)11-6-9(16)8(2)5-10(11)20-3/h5-6H,4,7,16H2,1-3H3. The number of sulfonamides is 1. The molecule has 0 unspecified atom stereocenters. The maximum Gasteiger partial charge on any atom is 0.402 e. The Labute approximate surface area is 121 Å². The quantitative estimate of drug-likeness (QED) is 0.842. The van der Waals surface area contributed by atoms with Gasteiger partial charge in [-0.15, -0.1) is 0 Å². The van der Waals surface area contributed by atoms with Crippen molar-refractivity contribution in [3.8, 4) is 5.75 Å². The number of aryl methyl sites for hydroxylation is 1. The molecular weight excluding hydrogens is 309 g/mol. The summed E-state index contributed by atoms with van der Waals surface area (Å²) in [6.07, 6.45) is -4.63. The number of methoxy groups -OCH3 is 1. The Bertz CT molecular complexity index is 615. The molecule has 120 valence electrons. The summed E-state index contributed by atoms with van der Waals surface area (Å²) in [4.78, 5) is -0.376. The third-order valence-electron chi connectivity index (χ3n) is 2.88. The van der Waals surface area contributed by atoms with Crippen LogP contribution in [0.1, 0.15) is 12.5 Å². The SMILES string of the molecule is CCN(CC(F)(F)F)S(=O)(=O)c1cc(N)c(C)cc1OC. The fourth-order valence-electron chi connectivity index (χ4n) is 1.74. The highest BCUT2D eigenvalue weighted by atomic mass is 32.2. The van der Waals surface area contributed by atoms with E-state index >= 15 is 0 Å². The van der Waals surface area contributed by atoms with Crippen LogP contribution >= 0.6 is 0 Å². The molecule has 9 heteroatoms. The van der Waals surface area contributed by atoms with E-state index in [9.17, 15) is 21.6 Å². The van der Waals surface area contributed by atoms with E-state index in [0.29, 0.717) is 9.87 Å². The highest BCUT2D eigenvalue weighted by Gasteiger charge is 2.37. The van der Waals surface area contributed by atoms with E-state index in [1.54, 1.807) is 6.92 Å². The summed E-state index contributed by atoms with van der Waals surface area (Å²) in [6, 6.07) is 2.49. The van der Waals surface area contributed by atoms with Gasteiger partial charge in [0, 0.05) is 12.2 Å². The molecule has 0 amide bonds. The van der Waals surface area contributed by atoms with Gasteiger partial charge in [-0.3, -0.25) is 0 Å². The van der Waals surface area contributed by atoms with Crippen LogP contribution in [0.25, 0.3) is 0 Å². The number of anilines is 1. The molecule has 0 aliphatic heterocycles. The molecule has 1 rings (SSSR count). The summed E-state index contributed by atoms with van der Waals surface area (Å²) < 4.78 is 67.5. The summed E-state index contributed by atoms with van der Waals surface area (Å²) in [5.74, 6) is -0.0395. The molecule has 0 radical (unpaired) electrons. The Hall–Kier alpha value is -1.48. The van der Waals surface area contributed by atoms with Gasteiger partial charge in [0.05, 0.1) is 7.11 Å². The van der Waals surface area contributed by atoms with Gasteiger partial charge < -0.3 is 10.5 Å². The van der Waals surface area contributed by atoms with E-state index in [1.165, 1.54) is 20.1 Å². The molecule has 0 fully saturated rings. The van der Waals surface area contributed by atoms with Gasteiger partial charge in [0.2, 0.25) is 10.0 Å². The molecule has 1 aromatic rings. The number of nitrogen functional groups attached to an aromatic ring is 1. The van der Waals surface area contributed by atoms with Crippen molar-refractivity contribution in [1.82, 2.24) is 4.31 Å². The first-order valence-electron chi connectivity index (χ1n) is 6.04. The van der Waals surface area contributed by atoms with E-state index < -0.39 is 22.7 Å². The van der Waals surface area contributed by atoms with Gasteiger partial charge >= 0.3 is 6.18 Å². The Morgan fingerprint density at radius 1 is 1.33 bits per heavy atom. The van der Waals surface area contributed by atoms with Crippen molar-refractivity contribution in [2.24, 2.45) is 0 Å². The second kappa shape index (κ2) is 6.10. The Morgan fingerprint density at radius 2 is 1.90 bits per heavy atom. The van der Waals surface area contributed by atoms with Gasteiger partial charge in [0.25, 0.3) is 0 Å². The lowest BCUT2D eigenvalue weighted by Crippen LogP contribution is -2.38. The van der Waals surface area contributed by atoms with E-state index in [4.69, 9.17) is 10.5 Å². The lowest BCUT2D eigenvalue weighted by Gasteiger charge is -2.23. The number of nitrogens with two attached hydrogens (primary N) is 1. The average molecular weight is 326 g/mol. The van der Waals surface area contributed by atoms with Crippen LogP contribution in [0.3, 0.4) is 0 Å². The fraction of sp³-hybridized carbons (Fsp3) is 0.500. The lowest BCUT2D eigenvalue weighted by molar-refractivity contribution is -0.135. The van der Waals surface area contributed by atoms with Gasteiger partial charge in [-0.2, -0.15) is 17.5 Å². The van der Waals surface area contributed by atoms with Crippen LogP contribution < -0.4 is 10.5 Å². The van der Waals surface area contributed by atoms with Gasteiger partial charge in [-0.1, -0.05) is 6.92 Å². The molecule has 0 bridgehead atoms. The first kappa shape index (κ1) is 17.6. The molecule has 2 N–H and O–H groups in total. The number of ether oxygens (including phenoxy) is 1. The van der Waals surface area contributed by atoms with Crippen LogP contribution in [0.2, 0.25) is 0 Å². The molecule has 1 aromatic carbocycles. The first-order chi connectivity index (χ1) is 9.52. The van der Waals surface area contributed by atoms with E-state index in [-0.39, 0.29) is 22.9 Å². The van der Waals surface area contributed by atoms with Crippen molar-refractivity contribution in [2.75, 3.05) is 25.9 Å². The molecule has 0 spiro atoms. The number of rotatable bonds is 5. The summed E-state index contributed by atoms with van der Waals surface area (Å²) >= 11 is 0. The van der Waals surface area contributed by atoms with Crippen molar-refractivity contribution < 1.29 is 26.3 Å². The number of hydrogen-bond donors (Lipinski definition) is 1. The van der Waals surface area contributed by atoms with Crippen molar-refractivity contribution in [3.05, 3.63) is 17.7 Å². The smallest absolute Gasteiger partial charge is 0.402 e. The van der Waals surface area contributed by atoms with Crippen LogP contribution in [0.15, 0.2) is 17.0 Å². The minimum Gasteiger partial charge on any atom is -0.495 e. The van der Waals surface area contributed by atoms with E-state index in [0.717, 1.165) is 6.07 Å². The molecule has 21 heavy (non-hydrogen) atoms. The Kier molecular flexibility index (Phi) is 5.11. The van der Waals surface area contributed by atoms with Crippen molar-refractivity contribution in [2.45, 2.75) is 24.9 Å². The van der Waals surface area contributed by atoms with Crippen molar-refractivity contribution in [1.29, 1.82) is 0 Å². The van der Waals surface area contributed by atoms with Crippen LogP contribution in [-0.4, -0.2) is 39.1 Å². The van der Waals surface area contributed by atoms with Crippen molar-refractivity contribution >= 4 is 15.7 Å². The maximum absolute atomic E-state index is 12.5. The van der Waals surface area contributed by atoms with Crippen LogP contribution in [0.5, 0.6) is 5.75 Å². The minimum atomic E-state index is -4.63. The number of benzene rings is 1. The number of hydrogen-bond acceptors (Lipinski definition) is 4. The molecule has 0 saturated carbocycles. The third kappa shape index (κ3) is 4.01. The van der Waals surface area contributed by atoms with Gasteiger partial charge in [-0.25, -0.2) is 8.42 Å². The summed E-state index contributed by atoms with van der Waals surface area (Å²) in [5.41, 5.74) is 6.39. The molecule has 0 aliphatic rings. The summed E-state index contributed by atoms with van der Waals surface area (Å²) in [5, 5.41) is 0. The Balaban J connectivity index is 3.38. The molecule has 0 saturated heterocycles. The van der Waals surface area contributed by atoms with Gasteiger partial charge in [-0.05, 0) is 24.6 Å². The average Bonchev–Trinajstić information content (AvgIpc) is 2.37. The highest BCUT2D eigenvalue weighted by Crippen LogP contribution is 2.32. The van der Waals surface area contributed by atoms with Crippen LogP contribution in [0, 0.1) is 6.92 Å². The highest BCUT2D eigenvalue weighted by molar-refractivity contribution is 7.89. The van der Waals surface area contributed by atoms with E-state index in [1.807, 2.05) is 0 Å². The molecule has 0 heterocycles. The predicted molar refractivity (Wildman–Crippen MR) is 72.6 cm³/mol. The zero-order valence-electron chi connectivity index (χ0n) is 11.9. The zero-order valence-corrected chi connectivity index (χ0v) is 12.7. The maximum atomic E-state index is 12.5. The topological polar surface area (TPSA) is 72.6 Å². The largest absolute Gasteiger partial charge is 0.495 e. The lowest BCUT2D eigenvalue weighted by atomic mass is 10.2. The van der Waals surface area contributed by atoms with Crippen LogP contribution in [0.4, 0.5) is 18.9 Å². The molecular formula is C12H17F3N2O3S. The zero-order chi connectivity index (χ0) is 16.4.